The van der Waals surface area contributed by atoms with E-state index in [-0.39, 0.29) is 6.10 Å². The Morgan fingerprint density at radius 2 is 1.63 bits per heavy atom. The van der Waals surface area contributed by atoms with Gasteiger partial charge < -0.3 is 9.52 Å². The number of hydrogen-bond acceptors (Lipinski definition) is 2. The third-order valence-corrected chi connectivity index (χ3v) is 3.69. The molecule has 1 N–H and O–H groups in total. The molecule has 1 aromatic rings. The van der Waals surface area contributed by atoms with Crippen molar-refractivity contribution in [3.05, 3.63) is 24.2 Å². The molecule has 0 amide bonds. The Hall–Kier alpha value is -0.760. The van der Waals surface area contributed by atoms with Crippen LogP contribution in [-0.2, 0) is 6.42 Å². The normalized spacial score (nSPS) is 12.7. The lowest BCUT2D eigenvalue weighted by Crippen LogP contribution is -2.09. The zero-order chi connectivity index (χ0) is 13.8. The molecule has 0 bridgehead atoms. The van der Waals surface area contributed by atoms with Gasteiger partial charge >= 0.3 is 0 Å². The van der Waals surface area contributed by atoms with Gasteiger partial charge in [0.25, 0.3) is 0 Å². The van der Waals surface area contributed by atoms with Crippen LogP contribution in [0.4, 0.5) is 0 Å². The van der Waals surface area contributed by atoms with E-state index in [1.165, 1.54) is 51.4 Å². The Labute approximate surface area is 118 Å². The minimum atomic E-state index is -0.206. The van der Waals surface area contributed by atoms with Gasteiger partial charge in [-0.1, -0.05) is 64.7 Å². The van der Waals surface area contributed by atoms with Crippen LogP contribution in [0.3, 0.4) is 0 Å². The topological polar surface area (TPSA) is 33.4 Å². The van der Waals surface area contributed by atoms with E-state index in [2.05, 4.69) is 6.92 Å². The van der Waals surface area contributed by atoms with Crippen molar-refractivity contribution in [3.63, 3.8) is 0 Å². The first-order valence-corrected chi connectivity index (χ1v) is 8.02. The van der Waals surface area contributed by atoms with Crippen LogP contribution in [-0.4, -0.2) is 11.2 Å². The average Bonchev–Trinajstić information content (AvgIpc) is 2.89. The molecule has 0 aliphatic carbocycles. The SMILES string of the molecule is CCCCCCCCCCCC(O)Cc1ccoc1. The van der Waals surface area contributed by atoms with Gasteiger partial charge in [0.15, 0.2) is 0 Å². The second-order valence-corrected chi connectivity index (χ2v) is 5.61. The average molecular weight is 266 g/mol. The molecule has 0 aliphatic rings. The molecule has 1 rings (SSSR count). The van der Waals surface area contributed by atoms with Crippen molar-refractivity contribution in [3.8, 4) is 0 Å². The number of aliphatic hydroxyl groups is 1. The third kappa shape index (κ3) is 8.88. The summed E-state index contributed by atoms with van der Waals surface area (Å²) in [6, 6.07) is 1.93. The summed E-state index contributed by atoms with van der Waals surface area (Å²) in [5.41, 5.74) is 1.10. The highest BCUT2D eigenvalue weighted by molar-refractivity contribution is 5.06. The van der Waals surface area contributed by atoms with E-state index in [1.807, 2.05) is 6.07 Å². The van der Waals surface area contributed by atoms with Crippen LogP contribution >= 0.6 is 0 Å². The fraction of sp³-hybridized carbons (Fsp3) is 0.765. The fourth-order valence-corrected chi connectivity index (χ4v) is 2.47. The van der Waals surface area contributed by atoms with Gasteiger partial charge in [0.1, 0.15) is 0 Å². The maximum Gasteiger partial charge on any atom is 0.0935 e. The molecule has 0 saturated carbocycles. The van der Waals surface area contributed by atoms with Crippen LogP contribution in [0.5, 0.6) is 0 Å². The molecule has 1 unspecified atom stereocenters. The summed E-state index contributed by atoms with van der Waals surface area (Å²) < 4.78 is 5.00. The molecule has 19 heavy (non-hydrogen) atoms. The van der Waals surface area contributed by atoms with Crippen LogP contribution in [0.25, 0.3) is 0 Å². The summed E-state index contributed by atoms with van der Waals surface area (Å²) in [6.07, 6.45) is 16.8. The highest BCUT2D eigenvalue weighted by Gasteiger charge is 2.06. The number of hydrogen-bond donors (Lipinski definition) is 1. The largest absolute Gasteiger partial charge is 0.472 e. The van der Waals surface area contributed by atoms with Gasteiger partial charge in [-0.05, 0) is 18.1 Å². The number of unbranched alkanes of at least 4 members (excludes halogenated alkanes) is 8. The Kier molecular flexibility index (Phi) is 9.52. The molecule has 0 spiro atoms. The van der Waals surface area contributed by atoms with E-state index in [1.54, 1.807) is 12.5 Å². The Morgan fingerprint density at radius 1 is 1.00 bits per heavy atom. The third-order valence-electron chi connectivity index (χ3n) is 3.69. The van der Waals surface area contributed by atoms with Crippen molar-refractivity contribution < 1.29 is 9.52 Å². The molecular formula is C17H30O2. The van der Waals surface area contributed by atoms with E-state index in [0.717, 1.165) is 24.8 Å². The molecule has 1 aromatic heterocycles. The maximum absolute atomic E-state index is 9.88. The smallest absolute Gasteiger partial charge is 0.0935 e. The molecule has 0 fully saturated rings. The summed E-state index contributed by atoms with van der Waals surface area (Å²) in [5, 5.41) is 9.88. The summed E-state index contributed by atoms with van der Waals surface area (Å²) in [7, 11) is 0. The molecule has 1 atom stereocenters. The fourth-order valence-electron chi connectivity index (χ4n) is 2.47. The lowest BCUT2D eigenvalue weighted by Gasteiger charge is -2.08. The van der Waals surface area contributed by atoms with Crippen molar-refractivity contribution in [2.75, 3.05) is 0 Å². The number of rotatable bonds is 12. The maximum atomic E-state index is 9.88. The van der Waals surface area contributed by atoms with Crippen molar-refractivity contribution in [2.24, 2.45) is 0 Å². The number of furan rings is 1. The molecule has 0 aliphatic heterocycles. The van der Waals surface area contributed by atoms with Crippen LogP contribution in [0, 0.1) is 0 Å². The summed E-state index contributed by atoms with van der Waals surface area (Å²) in [4.78, 5) is 0. The quantitative estimate of drug-likeness (QED) is 0.534. The highest BCUT2D eigenvalue weighted by atomic mass is 16.3. The predicted molar refractivity (Wildman–Crippen MR) is 80.3 cm³/mol. The lowest BCUT2D eigenvalue weighted by atomic mass is 10.0. The molecule has 0 aromatic carbocycles. The lowest BCUT2D eigenvalue weighted by molar-refractivity contribution is 0.160. The van der Waals surface area contributed by atoms with E-state index >= 15 is 0 Å². The predicted octanol–water partition coefficient (Wildman–Crippen LogP) is 5.10. The summed E-state index contributed by atoms with van der Waals surface area (Å²) in [6.45, 7) is 2.26. The molecule has 0 radical (unpaired) electrons. The standard InChI is InChI=1S/C17H30O2/c1-2-3-4-5-6-7-8-9-10-11-17(18)14-16-12-13-19-15-16/h12-13,15,17-18H,2-11,14H2,1H3. The monoisotopic (exact) mass is 266 g/mol. The highest BCUT2D eigenvalue weighted by Crippen LogP contribution is 2.13. The van der Waals surface area contributed by atoms with Crippen LogP contribution < -0.4 is 0 Å². The van der Waals surface area contributed by atoms with E-state index < -0.39 is 0 Å². The Balaban J connectivity index is 1.85. The first-order valence-electron chi connectivity index (χ1n) is 8.02. The Morgan fingerprint density at radius 3 is 2.21 bits per heavy atom. The van der Waals surface area contributed by atoms with Crippen molar-refractivity contribution in [1.82, 2.24) is 0 Å². The number of aliphatic hydroxyl groups excluding tert-OH is 1. The van der Waals surface area contributed by atoms with E-state index in [4.69, 9.17) is 4.42 Å². The van der Waals surface area contributed by atoms with Crippen LogP contribution in [0.15, 0.2) is 23.0 Å². The zero-order valence-corrected chi connectivity index (χ0v) is 12.4. The second-order valence-electron chi connectivity index (χ2n) is 5.61. The zero-order valence-electron chi connectivity index (χ0n) is 12.4. The van der Waals surface area contributed by atoms with Gasteiger partial charge in [0.2, 0.25) is 0 Å². The minimum absolute atomic E-state index is 0.206. The molecule has 2 heteroatoms. The van der Waals surface area contributed by atoms with Gasteiger partial charge in [-0.2, -0.15) is 0 Å². The molecule has 2 nitrogen and oxygen atoms in total. The Bertz CT molecular complexity index is 279. The molecule has 0 saturated heterocycles. The first-order chi connectivity index (χ1) is 9.33. The molecule has 1 heterocycles. The molecule has 110 valence electrons. The molecular weight excluding hydrogens is 236 g/mol. The first kappa shape index (κ1) is 16.3. The van der Waals surface area contributed by atoms with Gasteiger partial charge in [-0.3, -0.25) is 0 Å². The summed E-state index contributed by atoms with van der Waals surface area (Å²) >= 11 is 0. The van der Waals surface area contributed by atoms with Crippen molar-refractivity contribution >= 4 is 0 Å². The second kappa shape index (κ2) is 11.1. The minimum Gasteiger partial charge on any atom is -0.472 e. The van der Waals surface area contributed by atoms with E-state index in [0.29, 0.717) is 0 Å². The van der Waals surface area contributed by atoms with Gasteiger partial charge in [0, 0.05) is 6.42 Å². The van der Waals surface area contributed by atoms with Crippen molar-refractivity contribution in [1.29, 1.82) is 0 Å². The summed E-state index contributed by atoms with van der Waals surface area (Å²) in [5.74, 6) is 0. The van der Waals surface area contributed by atoms with Crippen LogP contribution in [0.1, 0.15) is 76.7 Å². The van der Waals surface area contributed by atoms with Gasteiger partial charge in [-0.15, -0.1) is 0 Å². The van der Waals surface area contributed by atoms with Crippen molar-refractivity contribution in [2.45, 2.75) is 83.7 Å². The van der Waals surface area contributed by atoms with Gasteiger partial charge in [-0.25, -0.2) is 0 Å². The van der Waals surface area contributed by atoms with E-state index in [9.17, 15) is 5.11 Å². The van der Waals surface area contributed by atoms with Gasteiger partial charge in [0.05, 0.1) is 18.6 Å². The van der Waals surface area contributed by atoms with Crippen LogP contribution in [0.2, 0.25) is 0 Å².